The second kappa shape index (κ2) is 9.09. The largest absolute Gasteiger partial charge is 0.496 e. The van der Waals surface area contributed by atoms with Crippen LogP contribution in [0.15, 0.2) is 18.2 Å². The van der Waals surface area contributed by atoms with E-state index >= 15 is 0 Å². The Hall–Kier alpha value is -1.86. The number of piperidine rings is 2. The van der Waals surface area contributed by atoms with Crippen LogP contribution in [-0.4, -0.2) is 67.4 Å². The number of ether oxygens (including phenoxy) is 2. The van der Waals surface area contributed by atoms with Crippen LogP contribution in [0, 0.1) is 11.7 Å². The molecule has 0 bridgehead atoms. The van der Waals surface area contributed by atoms with Crippen LogP contribution in [0.5, 0.6) is 5.75 Å². The van der Waals surface area contributed by atoms with E-state index in [-0.39, 0.29) is 11.9 Å². The molecule has 7 heteroatoms. The summed E-state index contributed by atoms with van der Waals surface area (Å²) in [6.45, 7) is 6.19. The Labute approximate surface area is 166 Å². The average Bonchev–Trinajstić information content (AvgIpc) is 2.70. The van der Waals surface area contributed by atoms with E-state index < -0.39 is 5.60 Å². The van der Waals surface area contributed by atoms with Gasteiger partial charge in [0.15, 0.2) is 0 Å². The molecule has 1 aromatic carbocycles. The maximum Gasteiger partial charge on any atom is 0.409 e. The molecule has 0 aromatic heterocycles. The number of benzene rings is 1. The van der Waals surface area contributed by atoms with Gasteiger partial charge in [-0.05, 0) is 56.7 Å². The summed E-state index contributed by atoms with van der Waals surface area (Å²) in [6, 6.07) is 4.31. The van der Waals surface area contributed by atoms with Crippen LogP contribution in [-0.2, 0) is 10.3 Å². The number of aliphatic hydroxyl groups is 1. The number of hydrogen-bond acceptors (Lipinski definition) is 5. The van der Waals surface area contributed by atoms with E-state index in [0.717, 1.165) is 45.6 Å². The van der Waals surface area contributed by atoms with Crippen molar-refractivity contribution in [2.24, 2.45) is 5.92 Å². The van der Waals surface area contributed by atoms with E-state index in [2.05, 4.69) is 4.90 Å². The Morgan fingerprint density at radius 1 is 1.25 bits per heavy atom. The molecule has 0 spiro atoms. The minimum atomic E-state index is -1.06. The van der Waals surface area contributed by atoms with Gasteiger partial charge in [0.05, 0.1) is 19.3 Å². The summed E-state index contributed by atoms with van der Waals surface area (Å²) in [7, 11) is 1.54. The van der Waals surface area contributed by atoms with Gasteiger partial charge in [-0.25, -0.2) is 9.18 Å². The van der Waals surface area contributed by atoms with E-state index in [4.69, 9.17) is 9.47 Å². The topological polar surface area (TPSA) is 62.2 Å². The first-order valence-corrected chi connectivity index (χ1v) is 10.2. The van der Waals surface area contributed by atoms with Gasteiger partial charge in [0.2, 0.25) is 0 Å². The molecule has 0 radical (unpaired) electrons. The molecular formula is C21H31FN2O4. The highest BCUT2D eigenvalue weighted by Gasteiger charge is 2.37. The van der Waals surface area contributed by atoms with Gasteiger partial charge in [-0.3, -0.25) is 0 Å². The van der Waals surface area contributed by atoms with E-state index in [1.54, 1.807) is 11.0 Å². The quantitative estimate of drug-likeness (QED) is 0.832. The SMILES string of the molecule is CCOC(=O)N1CCC(CN2CCC(O)(c3cc(F)ccc3OC)CC2)CC1. The molecule has 0 aliphatic carbocycles. The van der Waals surface area contributed by atoms with Crippen LogP contribution >= 0.6 is 0 Å². The van der Waals surface area contributed by atoms with Gasteiger partial charge in [0.1, 0.15) is 11.6 Å². The molecule has 2 fully saturated rings. The predicted octanol–water partition coefficient (Wildman–Crippen LogP) is 2.99. The highest BCUT2D eigenvalue weighted by Crippen LogP contribution is 2.38. The fourth-order valence-electron chi connectivity index (χ4n) is 4.30. The number of likely N-dealkylation sites (tertiary alicyclic amines) is 2. The fourth-order valence-corrected chi connectivity index (χ4v) is 4.30. The van der Waals surface area contributed by atoms with E-state index in [1.165, 1.54) is 19.2 Å². The van der Waals surface area contributed by atoms with Crippen LogP contribution in [0.3, 0.4) is 0 Å². The first-order chi connectivity index (χ1) is 13.4. The lowest BCUT2D eigenvalue weighted by molar-refractivity contribution is -0.0322. The first-order valence-electron chi connectivity index (χ1n) is 10.2. The molecule has 2 aliphatic heterocycles. The predicted molar refractivity (Wildman–Crippen MR) is 104 cm³/mol. The van der Waals surface area contributed by atoms with Crippen molar-refractivity contribution in [3.05, 3.63) is 29.6 Å². The van der Waals surface area contributed by atoms with E-state index in [0.29, 0.717) is 36.7 Å². The van der Waals surface area contributed by atoms with E-state index in [9.17, 15) is 14.3 Å². The number of hydrogen-bond donors (Lipinski definition) is 1. The number of carbonyl (C=O) groups is 1. The highest BCUT2D eigenvalue weighted by atomic mass is 19.1. The summed E-state index contributed by atoms with van der Waals surface area (Å²) in [5, 5.41) is 11.1. The maximum absolute atomic E-state index is 13.7. The molecule has 1 N–H and O–H groups in total. The summed E-state index contributed by atoms with van der Waals surface area (Å²) in [6.07, 6.45) is 2.82. The van der Waals surface area contributed by atoms with Crippen LogP contribution in [0.4, 0.5) is 9.18 Å². The van der Waals surface area contributed by atoms with Gasteiger partial charge in [0, 0.05) is 38.3 Å². The fraction of sp³-hybridized carbons (Fsp3) is 0.667. The number of carbonyl (C=O) groups excluding carboxylic acids is 1. The molecule has 0 atom stereocenters. The zero-order chi connectivity index (χ0) is 20.1. The lowest BCUT2D eigenvalue weighted by Crippen LogP contribution is -2.46. The Kier molecular flexibility index (Phi) is 6.78. The number of methoxy groups -OCH3 is 1. The maximum atomic E-state index is 13.7. The molecule has 1 amide bonds. The summed E-state index contributed by atoms with van der Waals surface area (Å²) in [5.74, 6) is 0.712. The van der Waals surface area contributed by atoms with E-state index in [1.807, 2.05) is 6.92 Å². The third-order valence-corrected chi connectivity index (χ3v) is 6.00. The molecule has 28 heavy (non-hydrogen) atoms. The normalized spacial score (nSPS) is 20.8. The lowest BCUT2D eigenvalue weighted by atomic mass is 9.83. The smallest absolute Gasteiger partial charge is 0.409 e. The van der Waals surface area contributed by atoms with Crippen molar-refractivity contribution in [3.8, 4) is 5.75 Å². The molecule has 3 rings (SSSR count). The van der Waals surface area contributed by atoms with Gasteiger partial charge < -0.3 is 24.4 Å². The molecule has 6 nitrogen and oxygen atoms in total. The monoisotopic (exact) mass is 394 g/mol. The second-order valence-electron chi connectivity index (χ2n) is 7.81. The van der Waals surface area contributed by atoms with Gasteiger partial charge in [-0.15, -0.1) is 0 Å². The van der Waals surface area contributed by atoms with Crippen molar-refractivity contribution in [2.45, 2.75) is 38.2 Å². The lowest BCUT2D eigenvalue weighted by Gasteiger charge is -2.41. The standard InChI is InChI=1S/C21H31FN2O4/c1-3-28-20(25)24-10-6-16(7-11-24)15-23-12-8-21(26,9-13-23)18-14-17(22)4-5-19(18)27-2/h4-5,14,16,26H,3,6-13,15H2,1-2H3. The molecule has 2 aliphatic rings. The molecule has 0 unspecified atom stereocenters. The van der Waals surface area contributed by atoms with Crippen LogP contribution in [0.2, 0.25) is 0 Å². The van der Waals surface area contributed by atoms with Crippen molar-refractivity contribution in [1.82, 2.24) is 9.80 Å². The Morgan fingerprint density at radius 3 is 2.54 bits per heavy atom. The average molecular weight is 394 g/mol. The van der Waals surface area contributed by atoms with Crippen molar-refractivity contribution in [2.75, 3.05) is 46.4 Å². The molecule has 1 aromatic rings. The number of rotatable bonds is 5. The zero-order valence-corrected chi connectivity index (χ0v) is 16.8. The van der Waals surface area contributed by atoms with Crippen LogP contribution < -0.4 is 4.74 Å². The zero-order valence-electron chi connectivity index (χ0n) is 16.8. The van der Waals surface area contributed by atoms with Gasteiger partial charge in [-0.1, -0.05) is 0 Å². The minimum absolute atomic E-state index is 0.215. The molecule has 156 valence electrons. The van der Waals surface area contributed by atoms with Crippen molar-refractivity contribution in [3.63, 3.8) is 0 Å². The van der Waals surface area contributed by atoms with Gasteiger partial charge in [0.25, 0.3) is 0 Å². The van der Waals surface area contributed by atoms with Crippen molar-refractivity contribution in [1.29, 1.82) is 0 Å². The van der Waals surface area contributed by atoms with Crippen molar-refractivity contribution < 1.29 is 23.8 Å². The number of nitrogens with zero attached hydrogens (tertiary/aromatic N) is 2. The third kappa shape index (κ3) is 4.75. The van der Waals surface area contributed by atoms with Crippen molar-refractivity contribution >= 4 is 6.09 Å². The number of halogens is 1. The first kappa shape index (κ1) is 20.9. The second-order valence-corrected chi connectivity index (χ2v) is 7.81. The number of amides is 1. The molecular weight excluding hydrogens is 363 g/mol. The molecule has 2 saturated heterocycles. The minimum Gasteiger partial charge on any atom is -0.496 e. The Balaban J connectivity index is 1.51. The highest BCUT2D eigenvalue weighted by molar-refractivity contribution is 5.67. The molecule has 2 heterocycles. The van der Waals surface area contributed by atoms with Gasteiger partial charge in [-0.2, -0.15) is 0 Å². The van der Waals surface area contributed by atoms with Crippen LogP contribution in [0.1, 0.15) is 38.2 Å². The Morgan fingerprint density at radius 2 is 1.93 bits per heavy atom. The summed E-state index contributed by atoms with van der Waals surface area (Å²) < 4.78 is 24.1. The molecule has 0 saturated carbocycles. The summed E-state index contributed by atoms with van der Waals surface area (Å²) in [5.41, 5.74) is -0.519. The third-order valence-electron chi connectivity index (χ3n) is 6.00. The summed E-state index contributed by atoms with van der Waals surface area (Å²) >= 11 is 0. The van der Waals surface area contributed by atoms with Crippen LogP contribution in [0.25, 0.3) is 0 Å². The summed E-state index contributed by atoms with van der Waals surface area (Å²) in [4.78, 5) is 16.0. The van der Waals surface area contributed by atoms with Gasteiger partial charge >= 0.3 is 6.09 Å². The Bertz CT molecular complexity index is 668.